The zero-order chi connectivity index (χ0) is 18.1. The Kier molecular flexibility index (Phi) is 5.02. The first-order valence-corrected chi connectivity index (χ1v) is 8.75. The number of aryl methyl sites for hydroxylation is 2. The number of nitrogens with one attached hydrogen (secondary N) is 2. The summed E-state index contributed by atoms with van der Waals surface area (Å²) in [5.41, 5.74) is 3.22. The first-order valence-electron chi connectivity index (χ1n) is 7.99. The minimum absolute atomic E-state index is 0.158. The first-order chi connectivity index (χ1) is 11.8. The van der Waals surface area contributed by atoms with Crippen molar-refractivity contribution in [2.24, 2.45) is 11.8 Å². The Morgan fingerprint density at radius 1 is 0.960 bits per heavy atom. The van der Waals surface area contributed by atoms with Crippen LogP contribution < -0.4 is 10.6 Å². The van der Waals surface area contributed by atoms with Crippen LogP contribution in [0.1, 0.15) is 17.5 Å². The molecular formula is C19H18Cl2N2O2. The van der Waals surface area contributed by atoms with Crippen molar-refractivity contribution in [1.82, 2.24) is 0 Å². The average molecular weight is 377 g/mol. The van der Waals surface area contributed by atoms with Crippen LogP contribution >= 0.6 is 23.2 Å². The van der Waals surface area contributed by atoms with Crippen LogP contribution in [0.4, 0.5) is 11.4 Å². The Hall–Kier alpha value is -2.04. The second-order valence-electron chi connectivity index (χ2n) is 6.37. The molecule has 1 fully saturated rings. The van der Waals surface area contributed by atoms with Crippen molar-refractivity contribution in [3.63, 3.8) is 0 Å². The lowest BCUT2D eigenvalue weighted by molar-refractivity contribution is -0.122. The van der Waals surface area contributed by atoms with Crippen molar-refractivity contribution in [2.75, 3.05) is 10.6 Å². The van der Waals surface area contributed by atoms with Gasteiger partial charge < -0.3 is 10.6 Å². The van der Waals surface area contributed by atoms with Crippen LogP contribution in [0, 0.1) is 25.7 Å². The third-order valence-electron chi connectivity index (χ3n) is 4.26. The fourth-order valence-corrected chi connectivity index (χ4v) is 3.33. The lowest BCUT2D eigenvalue weighted by atomic mass is 10.1. The number of halogens is 2. The second kappa shape index (κ2) is 7.06. The highest BCUT2D eigenvalue weighted by Crippen LogP contribution is 2.41. The van der Waals surface area contributed by atoms with Gasteiger partial charge in [-0.3, -0.25) is 9.59 Å². The average Bonchev–Trinajstić information content (AvgIpc) is 3.33. The minimum Gasteiger partial charge on any atom is -0.326 e. The molecule has 0 aliphatic heterocycles. The molecule has 2 N–H and O–H groups in total. The predicted octanol–water partition coefficient (Wildman–Crippen LogP) is 4.82. The van der Waals surface area contributed by atoms with Crippen molar-refractivity contribution in [3.05, 3.63) is 57.6 Å². The van der Waals surface area contributed by atoms with E-state index in [1.807, 2.05) is 26.0 Å². The molecule has 0 bridgehead atoms. The number of anilines is 2. The van der Waals surface area contributed by atoms with Crippen LogP contribution in [0.3, 0.4) is 0 Å². The number of carbonyl (C=O) groups is 2. The van der Waals surface area contributed by atoms with Gasteiger partial charge in [-0.1, -0.05) is 29.3 Å². The smallest absolute Gasteiger partial charge is 0.228 e. The van der Waals surface area contributed by atoms with Crippen LogP contribution in [0.2, 0.25) is 10.0 Å². The lowest BCUT2D eigenvalue weighted by Crippen LogP contribution is -2.21. The third-order valence-corrected chi connectivity index (χ3v) is 4.81. The maximum atomic E-state index is 12.4. The highest BCUT2D eigenvalue weighted by Gasteiger charge is 2.48. The summed E-state index contributed by atoms with van der Waals surface area (Å²) >= 11 is 12.0. The maximum absolute atomic E-state index is 12.4. The molecule has 1 aliphatic rings. The van der Waals surface area contributed by atoms with E-state index >= 15 is 0 Å². The summed E-state index contributed by atoms with van der Waals surface area (Å²) in [6.07, 6.45) is 0.536. The largest absolute Gasteiger partial charge is 0.326 e. The summed E-state index contributed by atoms with van der Waals surface area (Å²) < 4.78 is 0. The van der Waals surface area contributed by atoms with Gasteiger partial charge in [0.05, 0.1) is 22.5 Å². The van der Waals surface area contributed by atoms with Crippen LogP contribution in [0.15, 0.2) is 36.4 Å². The van der Waals surface area contributed by atoms with Gasteiger partial charge in [0.2, 0.25) is 11.8 Å². The van der Waals surface area contributed by atoms with Gasteiger partial charge in [-0.25, -0.2) is 0 Å². The molecule has 0 spiro atoms. The van der Waals surface area contributed by atoms with Crippen molar-refractivity contribution < 1.29 is 9.59 Å². The van der Waals surface area contributed by atoms with Gasteiger partial charge in [0.25, 0.3) is 0 Å². The molecule has 1 saturated carbocycles. The Labute approximate surface area is 156 Å². The number of hydrogen-bond donors (Lipinski definition) is 2. The summed E-state index contributed by atoms with van der Waals surface area (Å²) in [5, 5.41) is 6.77. The molecule has 3 rings (SSSR count). The van der Waals surface area contributed by atoms with Crippen molar-refractivity contribution >= 4 is 46.4 Å². The molecule has 6 heteroatoms. The van der Waals surface area contributed by atoms with E-state index in [1.54, 1.807) is 24.3 Å². The molecule has 0 saturated heterocycles. The topological polar surface area (TPSA) is 58.2 Å². The summed E-state index contributed by atoms with van der Waals surface area (Å²) in [5.74, 6) is -0.983. The summed E-state index contributed by atoms with van der Waals surface area (Å²) in [7, 11) is 0. The maximum Gasteiger partial charge on any atom is 0.228 e. The fourth-order valence-electron chi connectivity index (χ4n) is 2.83. The van der Waals surface area contributed by atoms with E-state index in [4.69, 9.17) is 23.2 Å². The molecule has 4 nitrogen and oxygen atoms in total. The molecule has 0 aromatic heterocycles. The predicted molar refractivity (Wildman–Crippen MR) is 101 cm³/mol. The molecular weight excluding hydrogens is 359 g/mol. The fraction of sp³-hybridized carbons (Fsp3) is 0.263. The van der Waals surface area contributed by atoms with Gasteiger partial charge >= 0.3 is 0 Å². The van der Waals surface area contributed by atoms with E-state index in [1.165, 1.54) is 0 Å². The number of amides is 2. The van der Waals surface area contributed by atoms with Crippen molar-refractivity contribution in [3.8, 4) is 0 Å². The molecule has 0 radical (unpaired) electrons. The Morgan fingerprint density at radius 3 is 2.16 bits per heavy atom. The van der Waals surface area contributed by atoms with Gasteiger partial charge in [0.15, 0.2) is 0 Å². The van der Waals surface area contributed by atoms with Crippen LogP contribution in [0.5, 0.6) is 0 Å². The van der Waals surface area contributed by atoms with Crippen molar-refractivity contribution in [1.29, 1.82) is 0 Å². The molecule has 2 aromatic carbocycles. The quantitative estimate of drug-likeness (QED) is 0.802. The normalized spacial score (nSPS) is 18.6. The number of hydrogen-bond acceptors (Lipinski definition) is 2. The van der Waals surface area contributed by atoms with E-state index in [0.29, 0.717) is 27.8 Å². The molecule has 2 atom stereocenters. The summed E-state index contributed by atoms with van der Waals surface area (Å²) in [6, 6.07) is 10.6. The van der Waals surface area contributed by atoms with Crippen LogP contribution in [-0.4, -0.2) is 11.8 Å². The molecule has 1 aliphatic carbocycles. The number of carbonyl (C=O) groups excluding carboxylic acids is 2. The second-order valence-corrected chi connectivity index (χ2v) is 7.22. The summed E-state index contributed by atoms with van der Waals surface area (Å²) in [6.45, 7) is 3.84. The highest BCUT2D eigenvalue weighted by atomic mass is 35.5. The van der Waals surface area contributed by atoms with Gasteiger partial charge in [-0.15, -0.1) is 0 Å². The summed E-state index contributed by atoms with van der Waals surface area (Å²) in [4.78, 5) is 24.7. The number of rotatable bonds is 4. The molecule has 2 unspecified atom stereocenters. The van der Waals surface area contributed by atoms with Gasteiger partial charge in [0.1, 0.15) is 0 Å². The zero-order valence-corrected chi connectivity index (χ0v) is 15.4. The van der Waals surface area contributed by atoms with Gasteiger partial charge in [0, 0.05) is 10.7 Å². The molecule has 2 aromatic rings. The van der Waals surface area contributed by atoms with Gasteiger partial charge in [-0.05, 0) is 61.7 Å². The standard InChI is InChI=1S/C19H18Cl2N2O2/c1-10-7-11(2)17(16(21)8-10)23-19(25)15-9-14(15)18(24)22-13-5-3-12(20)4-6-13/h3-8,14-15H,9H2,1-2H3,(H,22,24)(H,23,25). The highest BCUT2D eigenvalue weighted by molar-refractivity contribution is 6.34. The molecule has 130 valence electrons. The monoisotopic (exact) mass is 376 g/mol. The lowest BCUT2D eigenvalue weighted by Gasteiger charge is -2.11. The van der Waals surface area contributed by atoms with E-state index in [0.717, 1.165) is 11.1 Å². The molecule has 2 amide bonds. The van der Waals surface area contributed by atoms with Gasteiger partial charge in [-0.2, -0.15) is 0 Å². The first kappa shape index (κ1) is 17.8. The number of benzene rings is 2. The van der Waals surface area contributed by atoms with Crippen molar-refractivity contribution in [2.45, 2.75) is 20.3 Å². The Balaban J connectivity index is 1.60. The van der Waals surface area contributed by atoms with E-state index < -0.39 is 0 Å². The minimum atomic E-state index is -0.330. The Bertz CT molecular complexity index is 811. The van der Waals surface area contributed by atoms with Crippen LogP contribution in [-0.2, 0) is 9.59 Å². The van der Waals surface area contributed by atoms with Crippen LogP contribution in [0.25, 0.3) is 0 Å². The third kappa shape index (κ3) is 4.14. The Morgan fingerprint density at radius 2 is 1.56 bits per heavy atom. The van der Waals surface area contributed by atoms with E-state index in [-0.39, 0.29) is 23.7 Å². The van der Waals surface area contributed by atoms with E-state index in [2.05, 4.69) is 10.6 Å². The molecule has 25 heavy (non-hydrogen) atoms. The molecule has 0 heterocycles. The van der Waals surface area contributed by atoms with E-state index in [9.17, 15) is 9.59 Å². The SMILES string of the molecule is Cc1cc(C)c(NC(=O)C2CC2C(=O)Nc2ccc(Cl)cc2)c(Cl)c1. The zero-order valence-electron chi connectivity index (χ0n) is 13.9.